The van der Waals surface area contributed by atoms with Gasteiger partial charge in [0.2, 0.25) is 15.9 Å². The van der Waals surface area contributed by atoms with Crippen molar-refractivity contribution in [1.29, 1.82) is 0 Å². The number of hydrogen-bond acceptors (Lipinski definition) is 5. The minimum atomic E-state index is -4.00. The van der Waals surface area contributed by atoms with E-state index in [0.29, 0.717) is 18.6 Å². The number of rotatable bonds is 10. The highest BCUT2D eigenvalue weighted by Gasteiger charge is 2.29. The summed E-state index contributed by atoms with van der Waals surface area (Å²) >= 11 is 1.56. The molecule has 2 aromatic carbocycles. The lowest BCUT2D eigenvalue weighted by molar-refractivity contribution is -0.132. The molecule has 0 saturated carbocycles. The second kappa shape index (κ2) is 10.7. The monoisotopic (exact) mass is 491 g/mol. The van der Waals surface area contributed by atoms with Crippen molar-refractivity contribution in [2.45, 2.75) is 18.0 Å². The Bertz CT molecular complexity index is 1370. The molecule has 0 fully saturated rings. The van der Waals surface area contributed by atoms with Crippen LogP contribution in [0.25, 0.3) is 10.9 Å². The summed E-state index contributed by atoms with van der Waals surface area (Å²) in [4.78, 5) is 20.6. The number of sulfonamides is 1. The van der Waals surface area contributed by atoms with Gasteiger partial charge in [0.15, 0.2) is 0 Å². The first-order valence-corrected chi connectivity index (χ1v) is 13.1. The van der Waals surface area contributed by atoms with E-state index in [1.165, 1.54) is 12.1 Å². The zero-order valence-electron chi connectivity index (χ0n) is 18.6. The van der Waals surface area contributed by atoms with Crippen LogP contribution in [0.15, 0.2) is 102 Å². The fourth-order valence-electron chi connectivity index (χ4n) is 3.69. The summed E-state index contributed by atoms with van der Waals surface area (Å²) in [5.41, 5.74) is 1.36. The average Bonchev–Trinajstić information content (AvgIpc) is 3.37. The lowest BCUT2D eigenvalue weighted by Crippen LogP contribution is -2.42. The lowest BCUT2D eigenvalue weighted by atomic mass is 10.2. The van der Waals surface area contributed by atoms with Gasteiger partial charge in [0.1, 0.15) is 4.90 Å². The number of carbonyl (C=O) groups excluding carboxylic acids is 1. The molecular weight excluding hydrogens is 466 g/mol. The molecule has 2 aromatic heterocycles. The Morgan fingerprint density at radius 2 is 1.76 bits per heavy atom. The summed E-state index contributed by atoms with van der Waals surface area (Å²) in [6.45, 7) is 4.21. The standard InChI is InChI=1S/C26H25N3O3S2/c1-2-16-29(34(31,32)24-14-6-11-22-12-7-15-27-26(22)24)20-25(30)28(19-23-13-8-17-33-23)18-21-9-4-3-5-10-21/h2-15,17H,1,16,18-20H2. The molecule has 0 unspecified atom stereocenters. The number of hydrogen-bond donors (Lipinski definition) is 0. The topological polar surface area (TPSA) is 70.6 Å². The molecule has 4 rings (SSSR count). The maximum Gasteiger partial charge on any atom is 0.246 e. The second-order valence-electron chi connectivity index (χ2n) is 7.73. The van der Waals surface area contributed by atoms with E-state index in [2.05, 4.69) is 11.6 Å². The Morgan fingerprint density at radius 1 is 0.971 bits per heavy atom. The number of para-hydroxylation sites is 1. The van der Waals surface area contributed by atoms with E-state index in [-0.39, 0.29) is 23.9 Å². The highest BCUT2D eigenvalue weighted by Crippen LogP contribution is 2.24. The van der Waals surface area contributed by atoms with Gasteiger partial charge >= 0.3 is 0 Å². The summed E-state index contributed by atoms with van der Waals surface area (Å²) in [5.74, 6) is -0.282. The van der Waals surface area contributed by atoms with E-state index in [9.17, 15) is 13.2 Å². The van der Waals surface area contributed by atoms with Crippen LogP contribution in [0.2, 0.25) is 0 Å². The van der Waals surface area contributed by atoms with Crippen molar-refractivity contribution in [3.05, 3.63) is 107 Å². The molecule has 8 heteroatoms. The Balaban J connectivity index is 1.64. The SMILES string of the molecule is C=CCN(CC(=O)N(Cc1ccccc1)Cc1cccs1)S(=O)(=O)c1cccc2cccnc12. The normalized spacial score (nSPS) is 11.6. The smallest absolute Gasteiger partial charge is 0.246 e. The van der Waals surface area contributed by atoms with Crippen LogP contribution in [0.3, 0.4) is 0 Å². The highest BCUT2D eigenvalue weighted by molar-refractivity contribution is 7.89. The molecule has 0 aliphatic carbocycles. The van der Waals surface area contributed by atoms with Crippen LogP contribution in [0, 0.1) is 0 Å². The van der Waals surface area contributed by atoms with Crippen LogP contribution in [0.4, 0.5) is 0 Å². The van der Waals surface area contributed by atoms with Crippen molar-refractivity contribution in [3.63, 3.8) is 0 Å². The number of pyridine rings is 1. The quantitative estimate of drug-likeness (QED) is 0.302. The number of benzene rings is 2. The van der Waals surface area contributed by atoms with Crippen LogP contribution in [-0.2, 0) is 27.9 Å². The number of amides is 1. The Kier molecular flexibility index (Phi) is 7.52. The van der Waals surface area contributed by atoms with E-state index in [0.717, 1.165) is 20.1 Å². The maximum atomic E-state index is 13.6. The van der Waals surface area contributed by atoms with Gasteiger partial charge in [0.25, 0.3) is 0 Å². The largest absolute Gasteiger partial charge is 0.332 e. The van der Waals surface area contributed by atoms with Gasteiger partial charge < -0.3 is 4.90 Å². The third-order valence-corrected chi connectivity index (χ3v) is 8.06. The molecule has 0 saturated heterocycles. The lowest BCUT2D eigenvalue weighted by Gasteiger charge is -2.27. The molecule has 174 valence electrons. The average molecular weight is 492 g/mol. The highest BCUT2D eigenvalue weighted by atomic mass is 32.2. The second-order valence-corrected chi connectivity index (χ2v) is 10.7. The molecule has 0 bridgehead atoms. The number of aromatic nitrogens is 1. The molecule has 6 nitrogen and oxygen atoms in total. The van der Waals surface area contributed by atoms with Gasteiger partial charge in [-0.05, 0) is 29.1 Å². The van der Waals surface area contributed by atoms with E-state index in [4.69, 9.17) is 0 Å². The Morgan fingerprint density at radius 3 is 2.50 bits per heavy atom. The Hall–Kier alpha value is -3.33. The van der Waals surface area contributed by atoms with E-state index < -0.39 is 10.0 Å². The minimum Gasteiger partial charge on any atom is -0.332 e. The summed E-state index contributed by atoms with van der Waals surface area (Å²) < 4.78 is 28.4. The van der Waals surface area contributed by atoms with Crippen molar-refractivity contribution in [1.82, 2.24) is 14.2 Å². The van der Waals surface area contributed by atoms with Crippen LogP contribution < -0.4 is 0 Å². The predicted molar refractivity (Wildman–Crippen MR) is 136 cm³/mol. The third-order valence-electron chi connectivity index (χ3n) is 5.35. The fraction of sp³-hybridized carbons (Fsp3) is 0.154. The number of fused-ring (bicyclic) bond motifs is 1. The first-order chi connectivity index (χ1) is 16.5. The summed E-state index contributed by atoms with van der Waals surface area (Å²) in [6, 6.07) is 22.2. The molecule has 0 aliphatic heterocycles. The van der Waals surface area contributed by atoms with E-state index in [1.807, 2.05) is 60.0 Å². The minimum absolute atomic E-state index is 0.00940. The zero-order chi connectivity index (χ0) is 24.0. The van der Waals surface area contributed by atoms with Gasteiger partial charge in [0, 0.05) is 29.5 Å². The van der Waals surface area contributed by atoms with Crippen molar-refractivity contribution in [3.8, 4) is 0 Å². The first kappa shape index (κ1) is 23.8. The molecule has 2 heterocycles. The number of thiophene rings is 1. The van der Waals surface area contributed by atoms with Crippen LogP contribution in [0.5, 0.6) is 0 Å². The van der Waals surface area contributed by atoms with Gasteiger partial charge in [-0.25, -0.2) is 8.42 Å². The predicted octanol–water partition coefficient (Wildman–Crippen LogP) is 4.70. The first-order valence-electron chi connectivity index (χ1n) is 10.8. The molecule has 0 aliphatic rings. The molecule has 34 heavy (non-hydrogen) atoms. The van der Waals surface area contributed by atoms with Crippen LogP contribution in [0.1, 0.15) is 10.4 Å². The fourth-order valence-corrected chi connectivity index (χ4v) is 5.94. The number of carbonyl (C=O) groups is 1. The van der Waals surface area contributed by atoms with Crippen LogP contribution >= 0.6 is 11.3 Å². The van der Waals surface area contributed by atoms with Crippen molar-refractivity contribution in [2.75, 3.05) is 13.1 Å². The van der Waals surface area contributed by atoms with E-state index in [1.54, 1.807) is 34.6 Å². The summed E-state index contributed by atoms with van der Waals surface area (Å²) in [7, 11) is -4.00. The van der Waals surface area contributed by atoms with Gasteiger partial charge in [0.05, 0.1) is 18.6 Å². The molecular formula is C26H25N3O3S2. The van der Waals surface area contributed by atoms with Crippen LogP contribution in [-0.4, -0.2) is 41.6 Å². The van der Waals surface area contributed by atoms with Gasteiger partial charge in [-0.1, -0.05) is 60.7 Å². The maximum absolute atomic E-state index is 13.6. The van der Waals surface area contributed by atoms with Crippen molar-refractivity contribution < 1.29 is 13.2 Å². The molecule has 0 spiro atoms. The Labute approximate surface area is 203 Å². The number of nitrogens with zero attached hydrogens (tertiary/aromatic N) is 3. The zero-order valence-corrected chi connectivity index (χ0v) is 20.2. The van der Waals surface area contributed by atoms with Gasteiger partial charge in [-0.3, -0.25) is 9.78 Å². The van der Waals surface area contributed by atoms with Crippen molar-refractivity contribution >= 4 is 38.2 Å². The summed E-state index contributed by atoms with van der Waals surface area (Å²) in [6.07, 6.45) is 3.05. The molecule has 0 radical (unpaired) electrons. The van der Waals surface area contributed by atoms with Gasteiger partial charge in [-0.15, -0.1) is 17.9 Å². The van der Waals surface area contributed by atoms with Crippen molar-refractivity contribution in [2.24, 2.45) is 0 Å². The molecule has 4 aromatic rings. The third kappa shape index (κ3) is 5.41. The molecule has 0 N–H and O–H groups in total. The van der Waals surface area contributed by atoms with E-state index >= 15 is 0 Å². The van der Waals surface area contributed by atoms with Gasteiger partial charge in [-0.2, -0.15) is 4.31 Å². The molecule has 1 amide bonds. The summed E-state index contributed by atoms with van der Waals surface area (Å²) in [5, 5.41) is 2.68. The molecule has 0 atom stereocenters.